The largest absolute Gasteiger partial charge is 0.504 e. The number of thioether (sulfide) groups is 1. The summed E-state index contributed by atoms with van der Waals surface area (Å²) in [5.41, 5.74) is 1.41. The Labute approximate surface area is 172 Å². The van der Waals surface area contributed by atoms with Gasteiger partial charge in [0.15, 0.2) is 11.5 Å². The predicted molar refractivity (Wildman–Crippen MR) is 114 cm³/mol. The fourth-order valence-corrected chi connectivity index (χ4v) is 3.90. The van der Waals surface area contributed by atoms with E-state index in [1.807, 2.05) is 18.2 Å². The number of nitrogens with zero attached hydrogens (tertiary/aromatic N) is 1. The third-order valence-corrected chi connectivity index (χ3v) is 5.37. The summed E-state index contributed by atoms with van der Waals surface area (Å²) >= 11 is 6.48. The molecule has 0 aliphatic carbocycles. The van der Waals surface area contributed by atoms with Crippen molar-refractivity contribution in [2.24, 2.45) is 0 Å². The van der Waals surface area contributed by atoms with Crippen molar-refractivity contribution in [2.75, 3.05) is 19.0 Å². The Morgan fingerprint density at radius 3 is 2.75 bits per heavy atom. The molecular weight excluding hydrogens is 396 g/mol. The first-order chi connectivity index (χ1) is 13.5. The number of benzene rings is 2. The van der Waals surface area contributed by atoms with E-state index in [0.717, 1.165) is 0 Å². The van der Waals surface area contributed by atoms with Gasteiger partial charge in [0.1, 0.15) is 4.32 Å². The number of carbonyl (C=O) groups excluding carboxylic acids is 2. The van der Waals surface area contributed by atoms with Crippen LogP contribution in [-0.2, 0) is 9.59 Å². The number of thiocarbonyl (C=S) groups is 1. The second-order valence-electron chi connectivity index (χ2n) is 5.93. The van der Waals surface area contributed by atoms with Crippen LogP contribution in [0.5, 0.6) is 11.5 Å². The van der Waals surface area contributed by atoms with Crippen molar-refractivity contribution < 1.29 is 19.4 Å². The molecule has 0 atom stereocenters. The van der Waals surface area contributed by atoms with Gasteiger partial charge in [-0.1, -0.05) is 48.2 Å². The second-order valence-corrected chi connectivity index (χ2v) is 7.60. The highest BCUT2D eigenvalue weighted by molar-refractivity contribution is 8.26. The van der Waals surface area contributed by atoms with Crippen LogP contribution in [0, 0.1) is 0 Å². The van der Waals surface area contributed by atoms with Gasteiger partial charge in [-0.3, -0.25) is 14.5 Å². The number of ether oxygens (including phenoxy) is 1. The Kier molecular flexibility index (Phi) is 6.33. The Hall–Kier alpha value is -2.84. The number of phenolic OH excluding ortho intramolecular Hbond substituents is 1. The molecule has 2 amide bonds. The van der Waals surface area contributed by atoms with E-state index in [1.165, 1.54) is 29.8 Å². The number of nitrogens with one attached hydrogen (secondary N) is 1. The summed E-state index contributed by atoms with van der Waals surface area (Å²) < 4.78 is 5.49. The summed E-state index contributed by atoms with van der Waals surface area (Å²) in [6.45, 7) is 0.208. The van der Waals surface area contributed by atoms with Gasteiger partial charge in [-0.15, -0.1) is 0 Å². The normalized spacial score (nSPS) is 15.2. The third kappa shape index (κ3) is 4.71. The first-order valence-corrected chi connectivity index (χ1v) is 9.67. The first kappa shape index (κ1) is 19.9. The number of phenols is 1. The van der Waals surface area contributed by atoms with Crippen molar-refractivity contribution in [3.05, 3.63) is 59.0 Å². The molecule has 144 valence electrons. The molecule has 0 unspecified atom stereocenters. The molecule has 6 nitrogen and oxygen atoms in total. The van der Waals surface area contributed by atoms with Crippen molar-refractivity contribution in [3.63, 3.8) is 0 Å². The predicted octanol–water partition coefficient (Wildman–Crippen LogP) is 3.63. The molecule has 1 saturated heterocycles. The van der Waals surface area contributed by atoms with E-state index in [0.29, 0.717) is 26.2 Å². The number of anilines is 1. The van der Waals surface area contributed by atoms with Crippen molar-refractivity contribution in [1.29, 1.82) is 0 Å². The Morgan fingerprint density at radius 2 is 2.04 bits per heavy atom. The standard InChI is InChI=1S/C20H18N2O4S2/c1-26-16-11-13(7-8-15(16)23)12-17-19(25)22(20(27)28-17)10-9-18(24)21-14-5-3-2-4-6-14/h2-8,11-12,23H,9-10H2,1H3,(H,21,24)/b17-12-. The van der Waals surface area contributed by atoms with E-state index in [9.17, 15) is 14.7 Å². The summed E-state index contributed by atoms with van der Waals surface area (Å²) in [5.74, 6) is -0.0829. The Bertz CT molecular complexity index is 944. The monoisotopic (exact) mass is 414 g/mol. The van der Waals surface area contributed by atoms with Gasteiger partial charge in [-0.2, -0.15) is 0 Å². The molecule has 1 fully saturated rings. The number of hydrogen-bond acceptors (Lipinski definition) is 6. The number of para-hydroxylation sites is 1. The highest BCUT2D eigenvalue weighted by atomic mass is 32.2. The summed E-state index contributed by atoms with van der Waals surface area (Å²) in [6, 6.07) is 13.9. The first-order valence-electron chi connectivity index (χ1n) is 8.45. The molecule has 0 spiro atoms. The van der Waals surface area contributed by atoms with Crippen molar-refractivity contribution in [3.8, 4) is 11.5 Å². The number of methoxy groups -OCH3 is 1. The summed E-state index contributed by atoms with van der Waals surface area (Å²) in [6.07, 6.45) is 1.83. The average molecular weight is 415 g/mol. The zero-order valence-corrected chi connectivity index (χ0v) is 16.7. The minimum absolute atomic E-state index is 0.0247. The van der Waals surface area contributed by atoms with Crippen LogP contribution in [0.2, 0.25) is 0 Å². The minimum Gasteiger partial charge on any atom is -0.504 e. The van der Waals surface area contributed by atoms with Gasteiger partial charge < -0.3 is 15.2 Å². The van der Waals surface area contributed by atoms with E-state index in [1.54, 1.807) is 30.3 Å². The minimum atomic E-state index is -0.241. The molecule has 1 aliphatic rings. The fourth-order valence-electron chi connectivity index (χ4n) is 2.59. The van der Waals surface area contributed by atoms with E-state index >= 15 is 0 Å². The molecule has 0 bridgehead atoms. The number of hydrogen-bond donors (Lipinski definition) is 2. The van der Waals surface area contributed by atoms with Gasteiger partial charge in [-0.05, 0) is 35.9 Å². The molecule has 3 rings (SSSR count). The highest BCUT2D eigenvalue weighted by Crippen LogP contribution is 2.34. The van der Waals surface area contributed by atoms with Crippen LogP contribution >= 0.6 is 24.0 Å². The molecule has 2 aromatic carbocycles. The summed E-state index contributed by atoms with van der Waals surface area (Å²) in [4.78, 5) is 26.6. The summed E-state index contributed by atoms with van der Waals surface area (Å²) in [5, 5.41) is 12.5. The molecular formula is C20H18N2O4S2. The molecule has 0 saturated carbocycles. The van der Waals surface area contributed by atoms with Gasteiger partial charge in [0, 0.05) is 18.7 Å². The lowest BCUT2D eigenvalue weighted by atomic mass is 10.2. The highest BCUT2D eigenvalue weighted by Gasteiger charge is 2.32. The van der Waals surface area contributed by atoms with E-state index < -0.39 is 0 Å². The van der Waals surface area contributed by atoms with Crippen LogP contribution in [0.25, 0.3) is 6.08 Å². The van der Waals surface area contributed by atoms with Gasteiger partial charge in [0.2, 0.25) is 5.91 Å². The fraction of sp³-hybridized carbons (Fsp3) is 0.150. The quantitative estimate of drug-likeness (QED) is 0.555. The van der Waals surface area contributed by atoms with Crippen molar-refractivity contribution in [1.82, 2.24) is 4.90 Å². The molecule has 1 heterocycles. The lowest BCUT2D eigenvalue weighted by Gasteiger charge is -2.14. The van der Waals surface area contributed by atoms with E-state index in [2.05, 4.69) is 5.32 Å². The van der Waals surface area contributed by atoms with Crippen LogP contribution < -0.4 is 10.1 Å². The zero-order chi connectivity index (χ0) is 20.1. The van der Waals surface area contributed by atoms with E-state index in [-0.39, 0.29) is 30.5 Å². The maximum atomic E-state index is 12.6. The Morgan fingerprint density at radius 1 is 1.29 bits per heavy atom. The smallest absolute Gasteiger partial charge is 0.266 e. The number of amides is 2. The number of carbonyl (C=O) groups is 2. The number of rotatable bonds is 6. The molecule has 8 heteroatoms. The van der Waals surface area contributed by atoms with Crippen molar-refractivity contribution >= 4 is 51.9 Å². The Balaban J connectivity index is 1.64. The van der Waals surface area contributed by atoms with Gasteiger partial charge in [0.25, 0.3) is 5.91 Å². The molecule has 2 aromatic rings. The van der Waals surface area contributed by atoms with Crippen molar-refractivity contribution in [2.45, 2.75) is 6.42 Å². The number of aromatic hydroxyl groups is 1. The molecule has 0 radical (unpaired) electrons. The van der Waals surface area contributed by atoms with Crippen LogP contribution in [0.15, 0.2) is 53.4 Å². The van der Waals surface area contributed by atoms with Crippen LogP contribution in [-0.4, -0.2) is 39.8 Å². The maximum Gasteiger partial charge on any atom is 0.266 e. The lowest BCUT2D eigenvalue weighted by molar-refractivity contribution is -0.122. The average Bonchev–Trinajstić information content (AvgIpc) is 2.95. The summed E-state index contributed by atoms with van der Waals surface area (Å²) in [7, 11) is 1.46. The zero-order valence-electron chi connectivity index (χ0n) is 15.0. The lowest BCUT2D eigenvalue weighted by Crippen LogP contribution is -2.31. The molecule has 1 aliphatic heterocycles. The molecule has 2 N–H and O–H groups in total. The van der Waals surface area contributed by atoms with Gasteiger partial charge in [-0.25, -0.2) is 0 Å². The van der Waals surface area contributed by atoms with Crippen LogP contribution in [0.4, 0.5) is 5.69 Å². The maximum absolute atomic E-state index is 12.6. The van der Waals surface area contributed by atoms with Crippen LogP contribution in [0.3, 0.4) is 0 Å². The van der Waals surface area contributed by atoms with Gasteiger partial charge in [0.05, 0.1) is 12.0 Å². The topological polar surface area (TPSA) is 78.9 Å². The van der Waals surface area contributed by atoms with Gasteiger partial charge >= 0.3 is 0 Å². The third-order valence-electron chi connectivity index (χ3n) is 4.00. The molecule has 0 aromatic heterocycles. The molecule has 28 heavy (non-hydrogen) atoms. The van der Waals surface area contributed by atoms with Crippen LogP contribution in [0.1, 0.15) is 12.0 Å². The second kappa shape index (κ2) is 8.90. The van der Waals surface area contributed by atoms with E-state index in [4.69, 9.17) is 17.0 Å². The SMILES string of the molecule is COc1cc(/C=C2\SC(=S)N(CCC(=O)Nc3ccccc3)C2=O)ccc1O.